The molecule has 1 aliphatic rings. The molecule has 2 nitrogen and oxygen atoms in total. The summed E-state index contributed by atoms with van der Waals surface area (Å²) in [5.41, 5.74) is -0.309. The molecule has 1 aromatic carbocycles. The second-order valence-electron chi connectivity index (χ2n) is 4.59. The third kappa shape index (κ3) is 2.89. The first-order valence-electron chi connectivity index (χ1n) is 5.83. The Morgan fingerprint density at radius 1 is 1.11 bits per heavy atom. The summed E-state index contributed by atoms with van der Waals surface area (Å²) in [6.07, 6.45) is 1.51. The summed E-state index contributed by atoms with van der Waals surface area (Å²) in [6.45, 7) is 0. The van der Waals surface area contributed by atoms with Crippen LogP contribution in [0.1, 0.15) is 30.2 Å². The lowest BCUT2D eigenvalue weighted by Gasteiger charge is -2.26. The SMILES string of the molecule is O=S1(=O)CCCCC1C(Cl)c1cc(F)c(F)cc1F. The Morgan fingerprint density at radius 2 is 1.74 bits per heavy atom. The van der Waals surface area contributed by atoms with Crippen molar-refractivity contribution >= 4 is 21.4 Å². The van der Waals surface area contributed by atoms with E-state index in [-0.39, 0.29) is 11.3 Å². The number of rotatable bonds is 2. The van der Waals surface area contributed by atoms with Gasteiger partial charge in [-0.3, -0.25) is 0 Å². The molecular weight excluding hydrogens is 301 g/mol. The van der Waals surface area contributed by atoms with Gasteiger partial charge in [0.15, 0.2) is 21.5 Å². The van der Waals surface area contributed by atoms with Gasteiger partial charge in [-0.1, -0.05) is 6.42 Å². The van der Waals surface area contributed by atoms with Crippen molar-refractivity contribution in [2.24, 2.45) is 0 Å². The van der Waals surface area contributed by atoms with Crippen molar-refractivity contribution in [1.82, 2.24) is 0 Å². The van der Waals surface area contributed by atoms with Gasteiger partial charge in [0.25, 0.3) is 0 Å². The maximum Gasteiger partial charge on any atom is 0.161 e. The second kappa shape index (κ2) is 5.32. The summed E-state index contributed by atoms with van der Waals surface area (Å²) >= 11 is 5.99. The van der Waals surface area contributed by atoms with Crippen LogP contribution in [0.4, 0.5) is 13.2 Å². The lowest BCUT2D eigenvalue weighted by atomic mass is 10.0. The molecule has 0 spiro atoms. The second-order valence-corrected chi connectivity index (χ2v) is 7.40. The van der Waals surface area contributed by atoms with Crippen LogP contribution < -0.4 is 0 Å². The Labute approximate surface area is 114 Å². The van der Waals surface area contributed by atoms with Crippen LogP contribution in [0.15, 0.2) is 12.1 Å². The fourth-order valence-corrected chi connectivity index (χ4v) is 4.97. The fraction of sp³-hybridized carbons (Fsp3) is 0.500. The summed E-state index contributed by atoms with van der Waals surface area (Å²) in [4.78, 5) is 0. The molecule has 0 aromatic heterocycles. The van der Waals surface area contributed by atoms with Crippen LogP contribution in [0.2, 0.25) is 0 Å². The number of hydrogen-bond donors (Lipinski definition) is 0. The molecule has 1 aromatic rings. The number of alkyl halides is 1. The molecule has 1 heterocycles. The topological polar surface area (TPSA) is 34.1 Å². The van der Waals surface area contributed by atoms with Gasteiger partial charge in [-0.25, -0.2) is 21.6 Å². The summed E-state index contributed by atoms with van der Waals surface area (Å²) in [5, 5.41) is -2.16. The molecule has 1 saturated heterocycles. The molecule has 106 valence electrons. The highest BCUT2D eigenvalue weighted by atomic mass is 35.5. The van der Waals surface area contributed by atoms with E-state index in [1.807, 2.05) is 0 Å². The Kier molecular flexibility index (Phi) is 4.11. The smallest absolute Gasteiger partial charge is 0.161 e. The average Bonchev–Trinajstić information content (AvgIpc) is 2.32. The van der Waals surface area contributed by atoms with Crippen LogP contribution in [0.25, 0.3) is 0 Å². The average molecular weight is 313 g/mol. The largest absolute Gasteiger partial charge is 0.228 e. The Balaban J connectivity index is 2.39. The third-order valence-corrected chi connectivity index (χ3v) is 6.27. The van der Waals surface area contributed by atoms with Crippen molar-refractivity contribution in [3.8, 4) is 0 Å². The highest BCUT2D eigenvalue weighted by Crippen LogP contribution is 2.36. The molecule has 2 rings (SSSR count). The van der Waals surface area contributed by atoms with E-state index in [1.165, 1.54) is 0 Å². The van der Waals surface area contributed by atoms with Gasteiger partial charge in [0.05, 0.1) is 16.4 Å². The number of benzene rings is 1. The van der Waals surface area contributed by atoms with Crippen molar-refractivity contribution in [2.45, 2.75) is 29.9 Å². The standard InChI is InChI=1S/C12H12ClF3O2S/c13-12(11-3-1-2-4-19(11,17)18)7-5-9(15)10(16)6-8(7)14/h5-6,11-12H,1-4H2. The van der Waals surface area contributed by atoms with Gasteiger partial charge in [-0.05, 0) is 18.9 Å². The predicted octanol–water partition coefficient (Wildman–Crippen LogP) is 3.35. The first kappa shape index (κ1) is 14.7. The molecular formula is C12H12ClF3O2S. The maximum atomic E-state index is 13.6. The zero-order valence-electron chi connectivity index (χ0n) is 9.87. The Bertz CT molecular complexity index is 589. The van der Waals surface area contributed by atoms with Gasteiger partial charge < -0.3 is 0 Å². The molecule has 1 aliphatic heterocycles. The molecule has 0 N–H and O–H groups in total. The van der Waals surface area contributed by atoms with E-state index in [0.29, 0.717) is 31.4 Å². The first-order valence-corrected chi connectivity index (χ1v) is 7.98. The van der Waals surface area contributed by atoms with Gasteiger partial charge in [0, 0.05) is 11.6 Å². The minimum atomic E-state index is -3.43. The fourth-order valence-electron chi connectivity index (χ4n) is 2.26. The lowest BCUT2D eigenvalue weighted by molar-refractivity contribution is 0.484. The first-order chi connectivity index (χ1) is 8.83. The van der Waals surface area contributed by atoms with E-state index in [1.54, 1.807) is 0 Å². The summed E-state index contributed by atoms with van der Waals surface area (Å²) in [5.74, 6) is -3.60. The molecule has 0 saturated carbocycles. The number of hydrogen-bond acceptors (Lipinski definition) is 2. The minimum Gasteiger partial charge on any atom is -0.228 e. The number of sulfone groups is 1. The molecule has 2 atom stereocenters. The van der Waals surface area contributed by atoms with E-state index in [9.17, 15) is 21.6 Å². The lowest BCUT2D eigenvalue weighted by Crippen LogP contribution is -2.32. The van der Waals surface area contributed by atoms with Crippen molar-refractivity contribution in [2.75, 3.05) is 5.75 Å². The van der Waals surface area contributed by atoms with E-state index >= 15 is 0 Å². The highest BCUT2D eigenvalue weighted by molar-refractivity contribution is 7.92. The van der Waals surface area contributed by atoms with Gasteiger partial charge in [0.1, 0.15) is 5.82 Å². The molecule has 2 unspecified atom stereocenters. The summed E-state index contributed by atoms with van der Waals surface area (Å²) < 4.78 is 63.3. The third-order valence-electron chi connectivity index (χ3n) is 3.29. The molecule has 1 fully saturated rings. The maximum absolute atomic E-state index is 13.6. The van der Waals surface area contributed by atoms with Crippen LogP contribution in [0.5, 0.6) is 0 Å². The van der Waals surface area contributed by atoms with Crippen LogP contribution >= 0.6 is 11.6 Å². The van der Waals surface area contributed by atoms with Gasteiger partial charge in [-0.2, -0.15) is 0 Å². The van der Waals surface area contributed by atoms with E-state index in [2.05, 4.69) is 0 Å². The van der Waals surface area contributed by atoms with Crippen LogP contribution in [-0.2, 0) is 9.84 Å². The minimum absolute atomic E-state index is 0.00776. The van der Waals surface area contributed by atoms with Crippen molar-refractivity contribution in [1.29, 1.82) is 0 Å². The van der Waals surface area contributed by atoms with E-state index < -0.39 is 37.9 Å². The monoisotopic (exact) mass is 312 g/mol. The molecule has 0 amide bonds. The van der Waals surface area contributed by atoms with Crippen LogP contribution in [0.3, 0.4) is 0 Å². The van der Waals surface area contributed by atoms with Crippen molar-refractivity contribution in [3.05, 3.63) is 35.1 Å². The Morgan fingerprint density at radius 3 is 2.37 bits per heavy atom. The highest BCUT2D eigenvalue weighted by Gasteiger charge is 2.36. The van der Waals surface area contributed by atoms with E-state index in [0.717, 1.165) is 0 Å². The van der Waals surface area contributed by atoms with Gasteiger partial charge in [0.2, 0.25) is 0 Å². The number of halogens is 4. The Hall–Kier alpha value is -0.750. The van der Waals surface area contributed by atoms with Crippen LogP contribution in [0, 0.1) is 17.5 Å². The van der Waals surface area contributed by atoms with Gasteiger partial charge in [-0.15, -0.1) is 11.6 Å². The zero-order chi connectivity index (χ0) is 14.2. The van der Waals surface area contributed by atoms with Gasteiger partial charge >= 0.3 is 0 Å². The van der Waals surface area contributed by atoms with E-state index in [4.69, 9.17) is 11.6 Å². The van der Waals surface area contributed by atoms with Crippen molar-refractivity contribution in [3.63, 3.8) is 0 Å². The molecule has 7 heteroatoms. The van der Waals surface area contributed by atoms with Crippen molar-refractivity contribution < 1.29 is 21.6 Å². The molecule has 0 aliphatic carbocycles. The quantitative estimate of drug-likeness (QED) is 0.620. The summed E-state index contributed by atoms with van der Waals surface area (Å²) in [7, 11) is -3.43. The zero-order valence-corrected chi connectivity index (χ0v) is 11.4. The summed E-state index contributed by atoms with van der Waals surface area (Å²) in [6, 6.07) is 1.02. The molecule has 19 heavy (non-hydrogen) atoms. The molecule has 0 bridgehead atoms. The predicted molar refractivity (Wildman–Crippen MR) is 66.3 cm³/mol. The van der Waals surface area contributed by atoms with Crippen LogP contribution in [-0.4, -0.2) is 19.4 Å². The normalized spacial score (nSPS) is 24.1. The molecule has 0 radical (unpaired) electrons.